The molecule has 2 nitrogen and oxygen atoms in total. The molecule has 1 heterocycles. The zero-order valence-electron chi connectivity index (χ0n) is 11.8. The van der Waals surface area contributed by atoms with Gasteiger partial charge in [-0.25, -0.2) is 4.98 Å². The van der Waals surface area contributed by atoms with E-state index in [0.29, 0.717) is 5.69 Å². The smallest absolute Gasteiger partial charge is 0.204 e. The summed E-state index contributed by atoms with van der Waals surface area (Å²) in [4.78, 5) is 16.8. The Hall–Kier alpha value is -2.74. The summed E-state index contributed by atoms with van der Waals surface area (Å²) in [6, 6.07) is 19.6. The van der Waals surface area contributed by atoms with Crippen molar-refractivity contribution in [1.82, 2.24) is 4.98 Å². The minimum absolute atomic E-state index is 0.0675. The number of rotatable bonds is 3. The fraction of sp³-hybridized carbons (Fsp3) is 0.0526. The van der Waals surface area contributed by atoms with Crippen molar-refractivity contribution in [2.24, 2.45) is 0 Å². The molecule has 3 aromatic rings. The fourth-order valence-corrected chi connectivity index (χ4v) is 2.29. The van der Waals surface area contributed by atoms with Crippen molar-refractivity contribution in [2.45, 2.75) is 6.92 Å². The first-order valence-corrected chi connectivity index (χ1v) is 6.88. The summed E-state index contributed by atoms with van der Waals surface area (Å²) in [7, 11) is 0. The van der Waals surface area contributed by atoms with Crippen molar-refractivity contribution in [3.05, 3.63) is 83.6 Å². The van der Waals surface area contributed by atoms with Gasteiger partial charge in [0.25, 0.3) is 0 Å². The molecular weight excluding hydrogens is 258 g/mol. The predicted molar refractivity (Wildman–Crippen MR) is 86.3 cm³/mol. The molecular formula is C19H15NO. The number of aromatic nitrogens is 1. The predicted octanol–water partition coefficient (Wildman–Crippen LogP) is 4.44. The summed E-state index contributed by atoms with van der Waals surface area (Å²) in [6.45, 7) is 1.92. The second-order valence-electron chi connectivity index (χ2n) is 4.95. The van der Waals surface area contributed by atoms with E-state index >= 15 is 0 Å². The van der Waals surface area contributed by atoms with Crippen LogP contribution in [0, 0.1) is 6.92 Å². The Labute approximate surface area is 123 Å². The Morgan fingerprint density at radius 1 is 1.00 bits per heavy atom. The molecule has 0 radical (unpaired) electrons. The maximum absolute atomic E-state index is 12.3. The van der Waals surface area contributed by atoms with Gasteiger partial charge in [0.1, 0.15) is 5.69 Å². The SMILES string of the molecule is Cc1cc2ccccc2nc1C(=O)/C=C/c1ccccc1. The number of hydrogen-bond donors (Lipinski definition) is 0. The molecule has 0 spiro atoms. The third kappa shape index (κ3) is 2.90. The van der Waals surface area contributed by atoms with Crippen LogP contribution in [0.1, 0.15) is 21.6 Å². The lowest BCUT2D eigenvalue weighted by atomic mass is 10.1. The van der Waals surface area contributed by atoms with E-state index in [-0.39, 0.29) is 5.78 Å². The fourth-order valence-electron chi connectivity index (χ4n) is 2.29. The zero-order valence-corrected chi connectivity index (χ0v) is 11.8. The number of carbonyl (C=O) groups excluding carboxylic acids is 1. The van der Waals surface area contributed by atoms with Crippen molar-refractivity contribution < 1.29 is 4.79 Å². The Morgan fingerprint density at radius 3 is 2.52 bits per heavy atom. The number of nitrogens with zero attached hydrogens (tertiary/aromatic N) is 1. The lowest BCUT2D eigenvalue weighted by Gasteiger charge is -2.04. The Kier molecular flexibility index (Phi) is 3.61. The lowest BCUT2D eigenvalue weighted by Crippen LogP contribution is -2.02. The average Bonchev–Trinajstić information content (AvgIpc) is 2.53. The molecule has 0 aliphatic rings. The average molecular weight is 273 g/mol. The van der Waals surface area contributed by atoms with Gasteiger partial charge in [0.05, 0.1) is 5.52 Å². The summed E-state index contributed by atoms with van der Waals surface area (Å²) in [5.74, 6) is -0.0675. The molecule has 0 N–H and O–H groups in total. The minimum Gasteiger partial charge on any atom is -0.288 e. The third-order valence-electron chi connectivity index (χ3n) is 3.37. The zero-order chi connectivity index (χ0) is 14.7. The number of ketones is 1. The topological polar surface area (TPSA) is 30.0 Å². The van der Waals surface area contributed by atoms with E-state index in [1.54, 1.807) is 6.08 Å². The second-order valence-corrected chi connectivity index (χ2v) is 4.95. The normalized spacial score (nSPS) is 11.1. The van der Waals surface area contributed by atoms with Gasteiger partial charge in [0, 0.05) is 5.39 Å². The molecule has 0 fully saturated rings. The van der Waals surface area contributed by atoms with E-state index < -0.39 is 0 Å². The highest BCUT2D eigenvalue weighted by atomic mass is 16.1. The van der Waals surface area contributed by atoms with Gasteiger partial charge in [-0.1, -0.05) is 54.6 Å². The highest BCUT2D eigenvalue weighted by Crippen LogP contribution is 2.17. The molecule has 0 bridgehead atoms. The summed E-state index contributed by atoms with van der Waals surface area (Å²) in [5.41, 5.74) is 3.26. The molecule has 21 heavy (non-hydrogen) atoms. The molecule has 0 saturated carbocycles. The van der Waals surface area contributed by atoms with Crippen molar-refractivity contribution in [2.75, 3.05) is 0 Å². The Bertz CT molecular complexity index is 819. The monoisotopic (exact) mass is 273 g/mol. The number of allylic oxidation sites excluding steroid dienone is 1. The first kappa shape index (κ1) is 13.3. The quantitative estimate of drug-likeness (QED) is 0.521. The summed E-state index contributed by atoms with van der Waals surface area (Å²) in [6.07, 6.45) is 3.40. The Balaban J connectivity index is 1.94. The minimum atomic E-state index is -0.0675. The van der Waals surface area contributed by atoms with E-state index in [1.165, 1.54) is 0 Å². The third-order valence-corrected chi connectivity index (χ3v) is 3.37. The maximum atomic E-state index is 12.3. The van der Waals surface area contributed by atoms with E-state index in [4.69, 9.17) is 0 Å². The number of benzene rings is 2. The molecule has 2 aromatic carbocycles. The van der Waals surface area contributed by atoms with E-state index in [9.17, 15) is 4.79 Å². The van der Waals surface area contributed by atoms with Gasteiger partial charge in [-0.2, -0.15) is 0 Å². The molecule has 0 aliphatic heterocycles. The van der Waals surface area contributed by atoms with E-state index in [2.05, 4.69) is 4.98 Å². The second kappa shape index (κ2) is 5.71. The van der Waals surface area contributed by atoms with Crippen molar-refractivity contribution in [3.8, 4) is 0 Å². The van der Waals surface area contributed by atoms with Gasteiger partial charge in [0.2, 0.25) is 5.78 Å². The first-order valence-electron chi connectivity index (χ1n) is 6.88. The molecule has 0 amide bonds. The molecule has 0 atom stereocenters. The first-order chi connectivity index (χ1) is 10.2. The van der Waals surface area contributed by atoms with Gasteiger partial charge in [0.15, 0.2) is 0 Å². The molecule has 2 heteroatoms. The highest BCUT2D eigenvalue weighted by Gasteiger charge is 2.09. The van der Waals surface area contributed by atoms with E-state index in [0.717, 1.165) is 22.0 Å². The largest absolute Gasteiger partial charge is 0.288 e. The Morgan fingerprint density at radius 2 is 1.71 bits per heavy atom. The number of para-hydroxylation sites is 1. The van der Waals surface area contributed by atoms with Crippen molar-refractivity contribution in [1.29, 1.82) is 0 Å². The number of hydrogen-bond acceptors (Lipinski definition) is 2. The van der Waals surface area contributed by atoms with Crippen LogP contribution in [0.4, 0.5) is 0 Å². The number of pyridine rings is 1. The van der Waals surface area contributed by atoms with Crippen molar-refractivity contribution in [3.63, 3.8) is 0 Å². The van der Waals surface area contributed by atoms with E-state index in [1.807, 2.05) is 73.7 Å². The summed E-state index contributed by atoms with van der Waals surface area (Å²) >= 11 is 0. The van der Waals surface area contributed by atoms with Crippen LogP contribution < -0.4 is 0 Å². The van der Waals surface area contributed by atoms with Crippen LogP contribution in [0.25, 0.3) is 17.0 Å². The van der Waals surface area contributed by atoms with Crippen LogP contribution in [0.3, 0.4) is 0 Å². The van der Waals surface area contributed by atoms with Gasteiger partial charge >= 0.3 is 0 Å². The van der Waals surface area contributed by atoms with Crippen molar-refractivity contribution >= 4 is 22.8 Å². The molecule has 0 aliphatic carbocycles. The number of carbonyl (C=O) groups is 1. The van der Waals surface area contributed by atoms with Gasteiger partial charge < -0.3 is 0 Å². The van der Waals surface area contributed by atoms with Crippen LogP contribution in [-0.2, 0) is 0 Å². The molecule has 3 rings (SSSR count). The summed E-state index contributed by atoms with van der Waals surface area (Å²) in [5, 5.41) is 1.05. The van der Waals surface area contributed by atoms with Crippen LogP contribution in [-0.4, -0.2) is 10.8 Å². The lowest BCUT2D eigenvalue weighted by molar-refractivity contribution is 0.104. The van der Waals surface area contributed by atoms with Crippen LogP contribution >= 0.6 is 0 Å². The maximum Gasteiger partial charge on any atom is 0.204 e. The van der Waals surface area contributed by atoms with Crippen LogP contribution in [0.5, 0.6) is 0 Å². The highest BCUT2D eigenvalue weighted by molar-refractivity contribution is 6.07. The number of fused-ring (bicyclic) bond motifs is 1. The van der Waals surface area contributed by atoms with Gasteiger partial charge in [-0.3, -0.25) is 4.79 Å². The molecule has 0 saturated heterocycles. The van der Waals surface area contributed by atoms with Gasteiger partial charge in [-0.05, 0) is 36.3 Å². The summed E-state index contributed by atoms with van der Waals surface area (Å²) < 4.78 is 0. The number of aryl methyl sites for hydroxylation is 1. The van der Waals surface area contributed by atoms with Crippen LogP contribution in [0.15, 0.2) is 66.7 Å². The van der Waals surface area contributed by atoms with Gasteiger partial charge in [-0.15, -0.1) is 0 Å². The van der Waals surface area contributed by atoms with Crippen LogP contribution in [0.2, 0.25) is 0 Å². The molecule has 0 unspecified atom stereocenters. The standard InChI is InChI=1S/C19H15NO/c1-14-13-16-9-5-6-10-17(16)20-19(14)18(21)12-11-15-7-3-2-4-8-15/h2-13H,1H3/b12-11+. The molecule has 102 valence electrons. The molecule has 1 aromatic heterocycles.